The molecule has 0 aliphatic rings. The van der Waals surface area contributed by atoms with Gasteiger partial charge in [0.1, 0.15) is 4.90 Å². The Labute approximate surface area is 87.3 Å². The summed E-state index contributed by atoms with van der Waals surface area (Å²) in [4.78, 5) is 2.81. The molecule has 0 spiro atoms. The third-order valence-corrected chi connectivity index (χ3v) is 2.81. The first-order valence-electron chi connectivity index (χ1n) is 4.27. The number of aryl methyl sites for hydroxylation is 1. The average Bonchev–Trinajstić information content (AvgIpc) is 2.60. The van der Waals surface area contributed by atoms with Gasteiger partial charge in [0.25, 0.3) is 0 Å². The highest BCUT2D eigenvalue weighted by Crippen LogP contribution is 2.06. The molecule has 0 saturated carbocycles. The number of nitrogens with zero attached hydrogens (tertiary/aromatic N) is 5. The molecule has 0 saturated heterocycles. The van der Waals surface area contributed by atoms with E-state index in [1.54, 1.807) is 0 Å². The summed E-state index contributed by atoms with van der Waals surface area (Å²) < 4.78 is 23.7. The van der Waals surface area contributed by atoms with Crippen molar-refractivity contribution in [2.24, 2.45) is 5.11 Å². The Morgan fingerprint density at radius 3 is 2.93 bits per heavy atom. The second-order valence-electron chi connectivity index (χ2n) is 3.02. The number of hydrogen-bond donors (Lipinski definition) is 0. The van der Waals surface area contributed by atoms with Gasteiger partial charge >= 0.3 is 0 Å². The summed E-state index contributed by atoms with van der Waals surface area (Å²) in [7, 11) is -3.18. The molecule has 1 aromatic heterocycles. The molecule has 0 N–H and O–H groups in total. The minimum atomic E-state index is -3.18. The van der Waals surface area contributed by atoms with Crippen LogP contribution in [-0.2, 0) is 16.4 Å². The van der Waals surface area contributed by atoms with E-state index in [9.17, 15) is 8.42 Å². The Kier molecular flexibility index (Phi) is 3.70. The topological polar surface area (TPSA) is 101 Å². The van der Waals surface area contributed by atoms with Crippen LogP contribution in [0.25, 0.3) is 10.4 Å². The van der Waals surface area contributed by atoms with Gasteiger partial charge in [-0.25, -0.2) is 8.42 Å². The number of rotatable bonds is 5. The maximum absolute atomic E-state index is 11.1. The number of azide groups is 1. The Hall–Kier alpha value is -1.53. The summed E-state index contributed by atoms with van der Waals surface area (Å²) in [5.41, 5.74) is 8.03. The lowest BCUT2D eigenvalue weighted by Crippen LogP contribution is -2.00. The molecule has 1 heterocycles. The molecule has 1 aromatic rings. The fraction of sp³-hybridized carbons (Fsp3) is 0.571. The minimum Gasteiger partial charge on any atom is -0.271 e. The van der Waals surface area contributed by atoms with Crippen LogP contribution >= 0.6 is 0 Å². The predicted molar refractivity (Wildman–Crippen MR) is 54.0 cm³/mol. The first-order chi connectivity index (χ1) is 7.04. The van der Waals surface area contributed by atoms with Crippen molar-refractivity contribution in [1.29, 1.82) is 0 Å². The Morgan fingerprint density at radius 1 is 1.67 bits per heavy atom. The Bertz CT molecular complexity index is 471. The highest BCUT2D eigenvalue weighted by atomic mass is 32.2. The second kappa shape index (κ2) is 4.81. The van der Waals surface area contributed by atoms with Crippen LogP contribution in [0.3, 0.4) is 0 Å². The molecule has 82 valence electrons. The molecule has 0 radical (unpaired) electrons. The van der Waals surface area contributed by atoms with Gasteiger partial charge in [0.2, 0.25) is 0 Å². The van der Waals surface area contributed by atoms with E-state index in [4.69, 9.17) is 5.53 Å². The van der Waals surface area contributed by atoms with Crippen LogP contribution in [0, 0.1) is 0 Å². The first-order valence-corrected chi connectivity index (χ1v) is 6.16. The summed E-state index contributed by atoms with van der Waals surface area (Å²) >= 11 is 0. The van der Waals surface area contributed by atoms with Gasteiger partial charge in [0, 0.05) is 30.5 Å². The molecular weight excluding hydrogens is 218 g/mol. The standard InChI is InChI=1S/C7H11N5O2S/c1-15(13,14)7-5-10-12(6-7)4-2-3-9-11-8/h5-6H,2-4H2,1H3. The molecule has 0 fully saturated rings. The van der Waals surface area contributed by atoms with Crippen molar-refractivity contribution in [3.63, 3.8) is 0 Å². The predicted octanol–water partition coefficient (Wildman–Crippen LogP) is 0.987. The lowest BCUT2D eigenvalue weighted by molar-refractivity contribution is 0.581. The summed E-state index contributed by atoms with van der Waals surface area (Å²) in [6.07, 6.45) is 4.54. The molecule has 0 unspecified atom stereocenters. The zero-order chi connectivity index (χ0) is 11.3. The highest BCUT2D eigenvalue weighted by Gasteiger charge is 2.09. The smallest absolute Gasteiger partial charge is 0.178 e. The number of aromatic nitrogens is 2. The number of sulfone groups is 1. The van der Waals surface area contributed by atoms with E-state index in [-0.39, 0.29) is 4.90 Å². The zero-order valence-electron chi connectivity index (χ0n) is 8.24. The van der Waals surface area contributed by atoms with Crippen molar-refractivity contribution in [2.45, 2.75) is 17.9 Å². The van der Waals surface area contributed by atoms with Gasteiger partial charge in [-0.3, -0.25) is 4.68 Å². The SMILES string of the molecule is CS(=O)(=O)c1cnn(CCCN=[N+]=[N-])c1. The molecule has 7 nitrogen and oxygen atoms in total. The van der Waals surface area contributed by atoms with Gasteiger partial charge in [0.05, 0.1) is 6.20 Å². The molecule has 15 heavy (non-hydrogen) atoms. The van der Waals surface area contributed by atoms with Gasteiger partial charge in [-0.05, 0) is 12.0 Å². The molecule has 0 amide bonds. The van der Waals surface area contributed by atoms with E-state index in [1.165, 1.54) is 17.1 Å². The van der Waals surface area contributed by atoms with Gasteiger partial charge in [-0.1, -0.05) is 5.11 Å². The zero-order valence-corrected chi connectivity index (χ0v) is 9.05. The molecule has 0 aromatic carbocycles. The fourth-order valence-corrected chi connectivity index (χ4v) is 1.56. The van der Waals surface area contributed by atoms with E-state index in [1.807, 2.05) is 0 Å². The van der Waals surface area contributed by atoms with Gasteiger partial charge in [0.15, 0.2) is 9.84 Å². The van der Waals surface area contributed by atoms with Crippen molar-refractivity contribution in [3.05, 3.63) is 22.8 Å². The molecular formula is C7H11N5O2S. The lowest BCUT2D eigenvalue weighted by Gasteiger charge is -1.96. The Balaban J connectivity index is 2.58. The van der Waals surface area contributed by atoms with Crippen LogP contribution in [-0.4, -0.2) is 31.0 Å². The maximum Gasteiger partial charge on any atom is 0.178 e. The third kappa shape index (κ3) is 3.61. The van der Waals surface area contributed by atoms with E-state index >= 15 is 0 Å². The van der Waals surface area contributed by atoms with Crippen LogP contribution in [0.15, 0.2) is 22.4 Å². The fourth-order valence-electron chi connectivity index (χ4n) is 1.01. The van der Waals surface area contributed by atoms with Gasteiger partial charge in [-0.2, -0.15) is 5.10 Å². The van der Waals surface area contributed by atoms with Crippen molar-refractivity contribution in [1.82, 2.24) is 9.78 Å². The molecule has 1 rings (SSSR count). The van der Waals surface area contributed by atoms with Gasteiger partial charge in [-0.15, -0.1) is 0 Å². The van der Waals surface area contributed by atoms with Crippen LogP contribution in [0.1, 0.15) is 6.42 Å². The molecule has 0 aliphatic carbocycles. The van der Waals surface area contributed by atoms with E-state index in [0.29, 0.717) is 19.5 Å². The lowest BCUT2D eigenvalue weighted by atomic mass is 10.4. The highest BCUT2D eigenvalue weighted by molar-refractivity contribution is 7.90. The molecule has 8 heteroatoms. The van der Waals surface area contributed by atoms with Crippen molar-refractivity contribution >= 4 is 9.84 Å². The second-order valence-corrected chi connectivity index (χ2v) is 5.04. The van der Waals surface area contributed by atoms with Crippen molar-refractivity contribution < 1.29 is 8.42 Å². The average molecular weight is 229 g/mol. The van der Waals surface area contributed by atoms with Crippen LogP contribution < -0.4 is 0 Å². The van der Waals surface area contributed by atoms with Crippen molar-refractivity contribution in [2.75, 3.05) is 12.8 Å². The molecule has 0 bridgehead atoms. The summed E-state index contributed by atoms with van der Waals surface area (Å²) in [5, 5.41) is 7.25. The summed E-state index contributed by atoms with van der Waals surface area (Å²) in [6, 6.07) is 0. The largest absolute Gasteiger partial charge is 0.271 e. The monoisotopic (exact) mass is 229 g/mol. The van der Waals surface area contributed by atoms with E-state index < -0.39 is 9.84 Å². The third-order valence-electron chi connectivity index (χ3n) is 1.75. The van der Waals surface area contributed by atoms with Crippen molar-refractivity contribution in [3.8, 4) is 0 Å². The normalized spacial score (nSPS) is 11.0. The van der Waals surface area contributed by atoms with Crippen LogP contribution in [0.4, 0.5) is 0 Å². The van der Waals surface area contributed by atoms with Crippen LogP contribution in [0.2, 0.25) is 0 Å². The summed E-state index contributed by atoms with van der Waals surface area (Å²) in [6.45, 7) is 0.916. The maximum atomic E-state index is 11.1. The van der Waals surface area contributed by atoms with Crippen LogP contribution in [0.5, 0.6) is 0 Å². The summed E-state index contributed by atoms with van der Waals surface area (Å²) in [5.74, 6) is 0. The molecule has 0 atom stereocenters. The quantitative estimate of drug-likeness (QED) is 0.325. The Morgan fingerprint density at radius 2 is 2.40 bits per heavy atom. The number of hydrogen-bond acceptors (Lipinski definition) is 4. The minimum absolute atomic E-state index is 0.200. The van der Waals surface area contributed by atoms with E-state index in [2.05, 4.69) is 15.1 Å². The van der Waals surface area contributed by atoms with E-state index in [0.717, 1.165) is 6.26 Å². The first kappa shape index (κ1) is 11.5. The molecule has 0 aliphatic heterocycles. The van der Waals surface area contributed by atoms with Gasteiger partial charge < -0.3 is 0 Å².